The number of nitrogens with zero attached hydrogens (tertiary/aromatic N) is 2. The van der Waals surface area contributed by atoms with Gasteiger partial charge < -0.3 is 10.1 Å². The van der Waals surface area contributed by atoms with Gasteiger partial charge in [0, 0.05) is 11.9 Å². The Bertz CT molecular complexity index is 1130. The van der Waals surface area contributed by atoms with Gasteiger partial charge in [-0.2, -0.15) is 0 Å². The molecule has 0 fully saturated rings. The van der Waals surface area contributed by atoms with Crippen LogP contribution in [0.1, 0.15) is 5.56 Å². The van der Waals surface area contributed by atoms with Crippen LogP contribution in [-0.2, 0) is 11.2 Å². The summed E-state index contributed by atoms with van der Waals surface area (Å²) in [6.45, 7) is 0.594. The molecule has 4 rings (SSSR count). The number of rotatable bonds is 8. The fourth-order valence-electron chi connectivity index (χ4n) is 3.00. The highest BCUT2D eigenvalue weighted by molar-refractivity contribution is 8.00. The van der Waals surface area contributed by atoms with E-state index in [4.69, 9.17) is 9.72 Å². The van der Waals surface area contributed by atoms with Gasteiger partial charge in [-0.25, -0.2) is 9.97 Å². The number of fused-ring (bicyclic) bond motifs is 1. The van der Waals surface area contributed by atoms with Crippen molar-refractivity contribution in [2.45, 2.75) is 11.4 Å². The number of thioether (sulfide) groups is 1. The van der Waals surface area contributed by atoms with Crippen LogP contribution >= 0.6 is 23.1 Å². The Morgan fingerprint density at radius 1 is 1.07 bits per heavy atom. The van der Waals surface area contributed by atoms with Crippen molar-refractivity contribution in [3.8, 4) is 16.5 Å². The van der Waals surface area contributed by atoms with Crippen molar-refractivity contribution in [2.75, 3.05) is 19.4 Å². The lowest BCUT2D eigenvalue weighted by Crippen LogP contribution is -2.27. The Hall–Kier alpha value is -2.90. The van der Waals surface area contributed by atoms with Gasteiger partial charge in [0.1, 0.15) is 10.8 Å². The van der Waals surface area contributed by atoms with E-state index in [1.54, 1.807) is 18.4 Å². The number of hydrogen-bond donors (Lipinski definition) is 1. The van der Waals surface area contributed by atoms with Gasteiger partial charge in [-0.1, -0.05) is 48.2 Å². The van der Waals surface area contributed by atoms with E-state index >= 15 is 0 Å². The Balaban J connectivity index is 1.38. The summed E-state index contributed by atoms with van der Waals surface area (Å²) in [5.41, 5.74) is 2.05. The number of nitrogens with one attached hydrogen (secondary N) is 1. The molecule has 1 amide bonds. The number of carbonyl (C=O) groups excluding carboxylic acids is 1. The first kappa shape index (κ1) is 20.4. The second-order valence-electron chi connectivity index (χ2n) is 6.58. The van der Waals surface area contributed by atoms with Crippen molar-refractivity contribution in [1.82, 2.24) is 15.3 Å². The van der Waals surface area contributed by atoms with Gasteiger partial charge in [0.2, 0.25) is 5.91 Å². The topological polar surface area (TPSA) is 64.1 Å². The minimum Gasteiger partial charge on any atom is -0.497 e. The standard InChI is InChI=1S/C23H21N3O2S2/c1-28-17-10-8-16(9-11-17)12-13-24-21(27)15-30-23-18-5-2-3-6-19(18)25-22(26-23)20-7-4-14-29-20/h2-11,14H,12-13,15H2,1H3,(H,24,27). The van der Waals surface area contributed by atoms with E-state index in [1.165, 1.54) is 11.8 Å². The van der Waals surface area contributed by atoms with Gasteiger partial charge in [0.25, 0.3) is 0 Å². The van der Waals surface area contributed by atoms with E-state index in [0.29, 0.717) is 18.1 Å². The summed E-state index contributed by atoms with van der Waals surface area (Å²) < 4.78 is 5.17. The molecule has 0 atom stereocenters. The quantitative estimate of drug-likeness (QED) is 0.318. The van der Waals surface area contributed by atoms with E-state index in [9.17, 15) is 4.79 Å². The first-order valence-corrected chi connectivity index (χ1v) is 11.4. The van der Waals surface area contributed by atoms with Gasteiger partial charge in [0.05, 0.1) is 23.3 Å². The summed E-state index contributed by atoms with van der Waals surface area (Å²) in [6, 6.07) is 19.8. The number of thiophene rings is 1. The Morgan fingerprint density at radius 2 is 1.90 bits per heavy atom. The van der Waals surface area contributed by atoms with Crippen LogP contribution in [0.4, 0.5) is 0 Å². The van der Waals surface area contributed by atoms with Crippen LogP contribution in [0.5, 0.6) is 5.75 Å². The Morgan fingerprint density at radius 3 is 2.67 bits per heavy atom. The van der Waals surface area contributed by atoms with E-state index in [0.717, 1.165) is 38.5 Å². The largest absolute Gasteiger partial charge is 0.497 e. The minimum atomic E-state index is -0.00567. The monoisotopic (exact) mass is 435 g/mol. The van der Waals surface area contributed by atoms with Crippen molar-refractivity contribution in [3.63, 3.8) is 0 Å². The summed E-state index contributed by atoms with van der Waals surface area (Å²) >= 11 is 3.05. The second kappa shape index (κ2) is 9.73. The average Bonchev–Trinajstić information content (AvgIpc) is 3.33. The molecule has 7 heteroatoms. The van der Waals surface area contributed by atoms with Crippen LogP contribution in [0, 0.1) is 0 Å². The number of hydrogen-bond acceptors (Lipinski definition) is 6. The van der Waals surface area contributed by atoms with Crippen LogP contribution in [0.15, 0.2) is 71.1 Å². The van der Waals surface area contributed by atoms with E-state index < -0.39 is 0 Å². The van der Waals surface area contributed by atoms with Crippen molar-refractivity contribution in [2.24, 2.45) is 0 Å². The number of aromatic nitrogens is 2. The molecule has 2 aromatic heterocycles. The van der Waals surface area contributed by atoms with Gasteiger partial charge in [-0.3, -0.25) is 4.79 Å². The van der Waals surface area contributed by atoms with Crippen molar-refractivity contribution in [1.29, 1.82) is 0 Å². The molecule has 2 heterocycles. The SMILES string of the molecule is COc1ccc(CCNC(=O)CSc2nc(-c3cccs3)nc3ccccc23)cc1. The highest BCUT2D eigenvalue weighted by Crippen LogP contribution is 2.29. The van der Waals surface area contributed by atoms with Crippen molar-refractivity contribution in [3.05, 3.63) is 71.6 Å². The third kappa shape index (κ3) is 4.98. The lowest BCUT2D eigenvalue weighted by molar-refractivity contribution is -0.118. The number of para-hydroxylation sites is 1. The molecule has 5 nitrogen and oxygen atoms in total. The smallest absolute Gasteiger partial charge is 0.230 e. The molecule has 4 aromatic rings. The lowest BCUT2D eigenvalue weighted by atomic mass is 10.1. The summed E-state index contributed by atoms with van der Waals surface area (Å²) in [7, 11) is 1.65. The molecule has 0 radical (unpaired) electrons. The molecule has 30 heavy (non-hydrogen) atoms. The molecule has 0 aliphatic heterocycles. The number of ether oxygens (including phenoxy) is 1. The van der Waals surface area contributed by atoms with Crippen molar-refractivity contribution < 1.29 is 9.53 Å². The summed E-state index contributed by atoms with van der Waals surface area (Å²) in [5, 5.41) is 6.79. The van der Waals surface area contributed by atoms with Gasteiger partial charge in [0.15, 0.2) is 5.82 Å². The average molecular weight is 436 g/mol. The van der Waals surface area contributed by atoms with E-state index in [-0.39, 0.29) is 5.91 Å². The molecule has 0 bridgehead atoms. The third-order valence-electron chi connectivity index (χ3n) is 4.54. The van der Waals surface area contributed by atoms with Crippen molar-refractivity contribution >= 4 is 39.9 Å². The first-order chi connectivity index (χ1) is 14.7. The summed E-state index contributed by atoms with van der Waals surface area (Å²) in [6.07, 6.45) is 0.777. The zero-order chi connectivity index (χ0) is 20.8. The minimum absolute atomic E-state index is 0.00567. The molecular formula is C23H21N3O2S2. The second-order valence-corrected chi connectivity index (χ2v) is 8.50. The van der Waals surface area contributed by atoms with Crippen LogP contribution in [0.3, 0.4) is 0 Å². The molecule has 1 N–H and O–H groups in total. The summed E-state index contributed by atoms with van der Waals surface area (Å²) in [5.74, 6) is 1.84. The molecule has 0 saturated heterocycles. The van der Waals surface area contributed by atoms with Crippen LogP contribution in [-0.4, -0.2) is 35.3 Å². The predicted octanol–water partition coefficient (Wildman–Crippen LogP) is 4.82. The Labute approximate surface area is 183 Å². The van der Waals surface area contributed by atoms with Crippen LogP contribution in [0.25, 0.3) is 21.6 Å². The highest BCUT2D eigenvalue weighted by atomic mass is 32.2. The van der Waals surface area contributed by atoms with E-state index in [2.05, 4.69) is 10.3 Å². The zero-order valence-electron chi connectivity index (χ0n) is 16.5. The fraction of sp³-hybridized carbons (Fsp3) is 0.174. The van der Waals surface area contributed by atoms with Gasteiger partial charge in [-0.05, 0) is 41.6 Å². The Kier molecular flexibility index (Phi) is 6.61. The molecule has 2 aromatic carbocycles. The zero-order valence-corrected chi connectivity index (χ0v) is 18.1. The maximum Gasteiger partial charge on any atom is 0.230 e. The maximum atomic E-state index is 12.4. The molecule has 0 spiro atoms. The molecular weight excluding hydrogens is 414 g/mol. The van der Waals surface area contributed by atoms with Crippen LogP contribution in [0.2, 0.25) is 0 Å². The number of methoxy groups -OCH3 is 1. The number of carbonyl (C=O) groups is 1. The number of amides is 1. The number of benzene rings is 2. The maximum absolute atomic E-state index is 12.4. The normalized spacial score (nSPS) is 10.8. The van der Waals surface area contributed by atoms with E-state index in [1.807, 2.05) is 66.0 Å². The fourth-order valence-corrected chi connectivity index (χ4v) is 4.50. The van der Waals surface area contributed by atoms with Gasteiger partial charge in [-0.15, -0.1) is 11.3 Å². The summed E-state index contributed by atoms with van der Waals surface area (Å²) in [4.78, 5) is 22.8. The molecule has 0 aliphatic rings. The molecule has 0 unspecified atom stereocenters. The molecule has 0 aliphatic carbocycles. The third-order valence-corrected chi connectivity index (χ3v) is 6.40. The van der Waals surface area contributed by atoms with Gasteiger partial charge >= 0.3 is 0 Å². The highest BCUT2D eigenvalue weighted by Gasteiger charge is 2.12. The molecule has 0 saturated carbocycles. The first-order valence-electron chi connectivity index (χ1n) is 9.56. The lowest BCUT2D eigenvalue weighted by Gasteiger charge is -2.09. The van der Waals surface area contributed by atoms with Crippen LogP contribution < -0.4 is 10.1 Å². The predicted molar refractivity (Wildman–Crippen MR) is 123 cm³/mol. The molecule has 152 valence electrons.